The van der Waals surface area contributed by atoms with Crippen molar-refractivity contribution in [3.05, 3.63) is 0 Å². The van der Waals surface area contributed by atoms with Gasteiger partial charge in [0.2, 0.25) is 10.0 Å². The molecule has 5 nitrogen and oxygen atoms in total. The molecule has 0 aliphatic carbocycles. The Morgan fingerprint density at radius 3 is 2.75 bits per heavy atom. The van der Waals surface area contributed by atoms with Crippen LogP contribution < -0.4 is 4.72 Å². The maximum atomic E-state index is 11.6. The molecule has 0 saturated carbocycles. The fourth-order valence-corrected chi connectivity index (χ4v) is 2.87. The second-order valence-electron chi connectivity index (χ2n) is 4.59. The molecule has 2 unspecified atom stereocenters. The van der Waals surface area contributed by atoms with Crippen LogP contribution in [0.25, 0.3) is 0 Å². The van der Waals surface area contributed by atoms with Crippen LogP contribution in [0.3, 0.4) is 0 Å². The molecule has 0 bridgehead atoms. The fraction of sp³-hybridized carbons (Fsp3) is 1.00. The first-order valence-electron chi connectivity index (χ1n) is 5.66. The minimum atomic E-state index is -3.34. The summed E-state index contributed by atoms with van der Waals surface area (Å²) in [7, 11) is -3.34. The number of rotatable bonds is 6. The van der Waals surface area contributed by atoms with Gasteiger partial charge in [0, 0.05) is 13.2 Å². The Balaban J connectivity index is 2.39. The van der Waals surface area contributed by atoms with E-state index in [1.54, 1.807) is 6.92 Å². The van der Waals surface area contributed by atoms with E-state index >= 15 is 0 Å². The van der Waals surface area contributed by atoms with Crippen molar-refractivity contribution in [3.63, 3.8) is 0 Å². The molecular formula is C10H21NO4S. The normalized spacial score (nSPS) is 25.6. The molecule has 0 aromatic heterocycles. The van der Waals surface area contributed by atoms with Crippen LogP contribution in [0.4, 0.5) is 0 Å². The van der Waals surface area contributed by atoms with Gasteiger partial charge in [-0.15, -0.1) is 0 Å². The molecule has 2 N–H and O–H groups in total. The molecule has 0 aromatic carbocycles. The van der Waals surface area contributed by atoms with Crippen LogP contribution in [0.1, 0.15) is 33.1 Å². The summed E-state index contributed by atoms with van der Waals surface area (Å²) in [5, 5.41) is 9.69. The summed E-state index contributed by atoms with van der Waals surface area (Å²) < 4.78 is 31.0. The molecule has 96 valence electrons. The lowest BCUT2D eigenvalue weighted by Crippen LogP contribution is -2.42. The van der Waals surface area contributed by atoms with E-state index in [-0.39, 0.29) is 18.4 Å². The van der Waals surface area contributed by atoms with Gasteiger partial charge in [-0.2, -0.15) is 0 Å². The average Bonchev–Trinajstić information content (AvgIpc) is 2.67. The zero-order chi connectivity index (χ0) is 12.2. The predicted molar refractivity (Wildman–Crippen MR) is 61.7 cm³/mol. The van der Waals surface area contributed by atoms with Crippen molar-refractivity contribution < 1.29 is 18.3 Å². The standard InChI is InChI=1S/C10H21NO4S/c1-3-10(2,12)8-11-16(13,14)7-9-5-4-6-15-9/h9,11-12H,3-8H2,1-2H3. The maximum absolute atomic E-state index is 11.6. The van der Waals surface area contributed by atoms with Crippen molar-refractivity contribution >= 4 is 10.0 Å². The van der Waals surface area contributed by atoms with Gasteiger partial charge in [-0.3, -0.25) is 0 Å². The number of ether oxygens (including phenoxy) is 1. The van der Waals surface area contributed by atoms with Crippen LogP contribution in [0, 0.1) is 0 Å². The van der Waals surface area contributed by atoms with Crippen LogP contribution in [0.2, 0.25) is 0 Å². The number of nitrogens with one attached hydrogen (secondary N) is 1. The molecule has 6 heteroatoms. The highest BCUT2D eigenvalue weighted by Gasteiger charge is 2.25. The van der Waals surface area contributed by atoms with Gasteiger partial charge in [-0.05, 0) is 26.2 Å². The van der Waals surface area contributed by atoms with E-state index in [1.807, 2.05) is 6.92 Å². The molecule has 1 fully saturated rings. The molecule has 0 radical (unpaired) electrons. The molecule has 0 amide bonds. The Kier molecular flexibility index (Phi) is 4.73. The monoisotopic (exact) mass is 251 g/mol. The molecule has 1 saturated heterocycles. The van der Waals surface area contributed by atoms with E-state index in [0.29, 0.717) is 13.0 Å². The van der Waals surface area contributed by atoms with Crippen molar-refractivity contribution in [3.8, 4) is 0 Å². The van der Waals surface area contributed by atoms with E-state index in [2.05, 4.69) is 4.72 Å². The summed E-state index contributed by atoms with van der Waals surface area (Å²) in [6.07, 6.45) is 2.04. The van der Waals surface area contributed by atoms with Crippen molar-refractivity contribution in [1.82, 2.24) is 4.72 Å². The summed E-state index contributed by atoms with van der Waals surface area (Å²) in [6, 6.07) is 0. The molecular weight excluding hydrogens is 230 g/mol. The second kappa shape index (κ2) is 5.44. The Morgan fingerprint density at radius 2 is 2.25 bits per heavy atom. The van der Waals surface area contributed by atoms with Crippen molar-refractivity contribution in [2.45, 2.75) is 44.8 Å². The van der Waals surface area contributed by atoms with Crippen molar-refractivity contribution in [1.29, 1.82) is 0 Å². The Labute approximate surface area is 97.2 Å². The van der Waals surface area contributed by atoms with Crippen LogP contribution >= 0.6 is 0 Å². The summed E-state index contributed by atoms with van der Waals surface area (Å²) in [5.74, 6) is -0.00715. The van der Waals surface area contributed by atoms with Gasteiger partial charge < -0.3 is 9.84 Å². The number of hydrogen-bond acceptors (Lipinski definition) is 4. The average molecular weight is 251 g/mol. The number of aliphatic hydroxyl groups is 1. The first kappa shape index (κ1) is 13.9. The van der Waals surface area contributed by atoms with Gasteiger partial charge in [-0.25, -0.2) is 13.1 Å². The highest BCUT2D eigenvalue weighted by atomic mass is 32.2. The quantitative estimate of drug-likeness (QED) is 0.709. The molecule has 1 heterocycles. The van der Waals surface area contributed by atoms with Crippen LogP contribution in [-0.2, 0) is 14.8 Å². The number of hydrogen-bond donors (Lipinski definition) is 2. The molecule has 0 spiro atoms. The van der Waals surface area contributed by atoms with Crippen molar-refractivity contribution in [2.75, 3.05) is 18.9 Å². The smallest absolute Gasteiger partial charge is 0.214 e. The maximum Gasteiger partial charge on any atom is 0.214 e. The van der Waals surface area contributed by atoms with Gasteiger partial charge in [0.1, 0.15) is 0 Å². The third-order valence-corrected chi connectivity index (χ3v) is 4.26. The minimum Gasteiger partial charge on any atom is -0.389 e. The molecule has 1 rings (SSSR count). The zero-order valence-electron chi connectivity index (χ0n) is 9.90. The highest BCUT2D eigenvalue weighted by molar-refractivity contribution is 7.89. The SMILES string of the molecule is CCC(C)(O)CNS(=O)(=O)CC1CCCO1. The van der Waals surface area contributed by atoms with Gasteiger partial charge in [-0.1, -0.05) is 6.92 Å². The predicted octanol–water partition coefficient (Wildman–Crippen LogP) is 0.246. The van der Waals surface area contributed by atoms with Crippen molar-refractivity contribution in [2.24, 2.45) is 0 Å². The lowest BCUT2D eigenvalue weighted by molar-refractivity contribution is 0.0611. The first-order valence-corrected chi connectivity index (χ1v) is 7.31. The van der Waals surface area contributed by atoms with Gasteiger partial charge in [0.25, 0.3) is 0 Å². The third kappa shape index (κ3) is 4.78. The first-order chi connectivity index (χ1) is 7.35. The summed E-state index contributed by atoms with van der Waals surface area (Å²) in [5.41, 5.74) is -0.983. The molecule has 1 aliphatic rings. The Morgan fingerprint density at radius 1 is 1.56 bits per heavy atom. The van der Waals surface area contributed by atoms with Gasteiger partial charge >= 0.3 is 0 Å². The van der Waals surface area contributed by atoms with Crippen LogP contribution in [0.15, 0.2) is 0 Å². The number of sulfonamides is 1. The van der Waals surface area contributed by atoms with E-state index in [1.165, 1.54) is 0 Å². The lowest BCUT2D eigenvalue weighted by Gasteiger charge is -2.22. The Hall–Kier alpha value is -0.170. The fourth-order valence-electron chi connectivity index (χ4n) is 1.47. The molecule has 1 aliphatic heterocycles. The van der Waals surface area contributed by atoms with E-state index in [0.717, 1.165) is 12.8 Å². The topological polar surface area (TPSA) is 75.6 Å². The lowest BCUT2D eigenvalue weighted by atomic mass is 10.1. The molecule has 2 atom stereocenters. The highest BCUT2D eigenvalue weighted by Crippen LogP contribution is 2.14. The second-order valence-corrected chi connectivity index (χ2v) is 6.44. The summed E-state index contributed by atoms with van der Waals surface area (Å²) >= 11 is 0. The zero-order valence-corrected chi connectivity index (χ0v) is 10.7. The minimum absolute atomic E-state index is 0.00715. The van der Waals surface area contributed by atoms with E-state index in [9.17, 15) is 13.5 Å². The van der Waals surface area contributed by atoms with Gasteiger partial charge in [0.15, 0.2) is 0 Å². The summed E-state index contributed by atoms with van der Waals surface area (Å²) in [4.78, 5) is 0. The molecule has 0 aromatic rings. The Bertz CT molecular complexity index is 307. The largest absolute Gasteiger partial charge is 0.389 e. The van der Waals surface area contributed by atoms with Crippen LogP contribution in [-0.4, -0.2) is 44.1 Å². The summed E-state index contributed by atoms with van der Waals surface area (Å²) in [6.45, 7) is 4.13. The van der Waals surface area contributed by atoms with E-state index in [4.69, 9.17) is 4.74 Å². The molecule has 16 heavy (non-hydrogen) atoms. The third-order valence-electron chi connectivity index (χ3n) is 2.86. The van der Waals surface area contributed by atoms with Gasteiger partial charge in [0.05, 0.1) is 17.5 Å². The van der Waals surface area contributed by atoms with E-state index < -0.39 is 15.6 Å². The van der Waals surface area contributed by atoms with Crippen LogP contribution in [0.5, 0.6) is 0 Å².